The Balaban J connectivity index is 0.000000178. The van der Waals surface area contributed by atoms with Crippen molar-refractivity contribution in [1.29, 1.82) is 0 Å². The van der Waals surface area contributed by atoms with Gasteiger partial charge in [-0.3, -0.25) is 0 Å². The van der Waals surface area contributed by atoms with Crippen LogP contribution in [0.5, 0.6) is 0 Å². The maximum Gasteiger partial charge on any atom is 0.157 e. The SMILES string of the molecule is C=C(CO)[C@@H]1CC[C@]2(CO)CC[C@]3(C)[C@H](CC[C@@H]4[C@@]5(C)CCC(N)C(C)(C)[C@@H]5CC[C@]43C)[C@@H]12.C=C(CO)[C@@H]1CC[C@]2(COC3CCCCO3)CC[C@]3(C)[C@H](CC[C@@H]4[C@@]5(C)CCC(N)C(C)(C)[C@@H]5CC[C@]43C)[C@@H]12.CO. The van der Waals surface area contributed by atoms with E-state index in [1.807, 2.05) is 0 Å². The third kappa shape index (κ3) is 8.24. The van der Waals surface area contributed by atoms with Crippen molar-refractivity contribution in [3.63, 3.8) is 0 Å². The van der Waals surface area contributed by atoms with Crippen LogP contribution in [0.25, 0.3) is 0 Å². The van der Waals surface area contributed by atoms with Gasteiger partial charge in [0.2, 0.25) is 0 Å². The molecule has 74 heavy (non-hydrogen) atoms. The van der Waals surface area contributed by atoms with Gasteiger partial charge in [0, 0.05) is 32.4 Å². The van der Waals surface area contributed by atoms with Gasteiger partial charge in [-0.25, -0.2) is 0 Å². The fourth-order valence-electron chi connectivity index (χ4n) is 24.3. The fraction of sp³-hybridized carbons (Fsp3) is 0.939. The first-order valence-electron chi connectivity index (χ1n) is 31.2. The molecule has 8 N–H and O–H groups in total. The molecule has 11 aliphatic rings. The van der Waals surface area contributed by atoms with E-state index in [1.165, 1.54) is 109 Å². The number of rotatable bonds is 8. The molecule has 1 saturated heterocycles. The van der Waals surface area contributed by atoms with E-state index in [2.05, 4.69) is 82.4 Å². The second kappa shape index (κ2) is 20.3. The van der Waals surface area contributed by atoms with E-state index >= 15 is 0 Å². The average Bonchev–Trinajstić information content (AvgIpc) is 3.98. The zero-order valence-electron chi connectivity index (χ0n) is 49.5. The van der Waals surface area contributed by atoms with Gasteiger partial charge >= 0.3 is 0 Å². The smallest absolute Gasteiger partial charge is 0.157 e. The normalized spacial score (nSPS) is 52.5. The lowest BCUT2D eigenvalue weighted by Gasteiger charge is -2.73. The molecule has 0 aromatic heterocycles. The number of aliphatic hydroxyl groups is 4. The number of hydrogen-bond acceptors (Lipinski definition) is 8. The van der Waals surface area contributed by atoms with Crippen LogP contribution in [-0.4, -0.2) is 78.9 Å². The van der Waals surface area contributed by atoms with E-state index in [-0.39, 0.29) is 41.2 Å². The van der Waals surface area contributed by atoms with Crippen LogP contribution in [0.1, 0.15) is 217 Å². The molecule has 3 unspecified atom stereocenters. The number of aliphatic hydroxyl groups excluding tert-OH is 4. The standard InChI is InChI=1S/C35H59NO3.C30H51NO2.CH4O/c1-23(21-37)24-12-17-35(22-39-29-9-7-8-20-38-29)19-18-33(5)25(30(24)35)10-11-27-32(4)15-14-28(36)31(2,3)26(32)13-16-34(27,33)6;1-19(17-32)20-9-14-30(18-33)16-15-28(5)21(25(20)30)7-8-23-27(4)12-11-24(31)26(2,3)22(27)10-13-29(23,28)6;1-2/h24-30,37H,1,7-22,36H2,2-6H3;20-25,32-33H,1,7-18,31H2,2-6H3;2H,1H3/t24-,25+,26-,27+,28?,29?,30+,32-,33+,34+,35+;20-,21+,22-,23+,24?,25+,27-,28+,29+,30+;/m00./s1. The Hall–Kier alpha value is -0.840. The molecule has 0 amide bonds. The van der Waals surface area contributed by atoms with E-state index in [9.17, 15) is 15.3 Å². The number of ether oxygens (including phenoxy) is 2. The molecule has 11 rings (SSSR count). The van der Waals surface area contributed by atoms with Crippen molar-refractivity contribution >= 4 is 0 Å². The molecule has 8 heteroatoms. The van der Waals surface area contributed by atoms with Crippen LogP contribution in [0.3, 0.4) is 0 Å². The van der Waals surface area contributed by atoms with Crippen molar-refractivity contribution in [2.75, 3.05) is 40.1 Å². The molecule has 10 saturated carbocycles. The first-order valence-corrected chi connectivity index (χ1v) is 31.2. The second-order valence-electron chi connectivity index (χ2n) is 31.2. The Morgan fingerprint density at radius 2 is 0.932 bits per heavy atom. The summed E-state index contributed by atoms with van der Waals surface area (Å²) in [6.07, 6.45) is 28.5. The third-order valence-corrected chi connectivity index (χ3v) is 28.9. The van der Waals surface area contributed by atoms with Crippen molar-refractivity contribution in [2.24, 2.45) is 125 Å². The average molecular weight is 1030 g/mol. The maximum atomic E-state index is 10.7. The quantitative estimate of drug-likeness (QED) is 0.132. The summed E-state index contributed by atoms with van der Waals surface area (Å²) in [6.45, 7) is 36.9. The summed E-state index contributed by atoms with van der Waals surface area (Å²) < 4.78 is 12.6. The van der Waals surface area contributed by atoms with Crippen molar-refractivity contribution in [3.8, 4) is 0 Å². The van der Waals surface area contributed by atoms with Gasteiger partial charge in [0.15, 0.2) is 6.29 Å². The van der Waals surface area contributed by atoms with E-state index in [1.54, 1.807) is 0 Å². The molecule has 0 radical (unpaired) electrons. The van der Waals surface area contributed by atoms with Gasteiger partial charge in [0.05, 0.1) is 19.8 Å². The predicted octanol–water partition coefficient (Wildman–Crippen LogP) is 13.0. The molecule has 8 nitrogen and oxygen atoms in total. The van der Waals surface area contributed by atoms with Crippen LogP contribution in [0.4, 0.5) is 0 Å². The summed E-state index contributed by atoms with van der Waals surface area (Å²) in [4.78, 5) is 0. The summed E-state index contributed by atoms with van der Waals surface area (Å²) in [7, 11) is 1.00. The van der Waals surface area contributed by atoms with Crippen LogP contribution in [0, 0.1) is 113 Å². The molecular formula is C66H114N2O6. The number of nitrogens with two attached hydrogens (primary N) is 2. The lowest BCUT2D eigenvalue weighted by Crippen LogP contribution is -2.67. The Morgan fingerprint density at radius 1 is 0.486 bits per heavy atom. The highest BCUT2D eigenvalue weighted by atomic mass is 16.7. The largest absolute Gasteiger partial charge is 0.400 e. The molecule has 0 bridgehead atoms. The molecule has 10 aliphatic carbocycles. The molecule has 1 aliphatic heterocycles. The summed E-state index contributed by atoms with van der Waals surface area (Å²) in [5.74, 6) is 6.16. The van der Waals surface area contributed by atoms with Crippen molar-refractivity contribution in [2.45, 2.75) is 235 Å². The number of fused-ring (bicyclic) bond motifs is 14. The monoisotopic (exact) mass is 1030 g/mol. The van der Waals surface area contributed by atoms with Gasteiger partial charge in [0.1, 0.15) is 0 Å². The third-order valence-electron chi connectivity index (χ3n) is 28.9. The van der Waals surface area contributed by atoms with Crippen LogP contribution in [0.2, 0.25) is 0 Å². The van der Waals surface area contributed by atoms with Crippen molar-refractivity contribution in [3.05, 3.63) is 24.3 Å². The lowest BCUT2D eigenvalue weighted by atomic mass is 9.32. The minimum absolute atomic E-state index is 0.0216. The molecule has 0 aromatic carbocycles. The minimum Gasteiger partial charge on any atom is -0.400 e. The van der Waals surface area contributed by atoms with Gasteiger partial charge in [-0.05, 0) is 272 Å². The van der Waals surface area contributed by atoms with E-state index in [0.29, 0.717) is 86.7 Å². The van der Waals surface area contributed by atoms with Crippen molar-refractivity contribution < 1.29 is 29.9 Å². The van der Waals surface area contributed by atoms with Crippen LogP contribution in [0.15, 0.2) is 24.3 Å². The molecule has 0 aromatic rings. The van der Waals surface area contributed by atoms with Gasteiger partial charge in [-0.1, -0.05) is 82.4 Å². The highest BCUT2D eigenvalue weighted by Crippen LogP contribution is 2.79. The Bertz CT molecular complexity index is 2030. The van der Waals surface area contributed by atoms with E-state index in [0.717, 1.165) is 93.7 Å². The Labute approximate surface area is 452 Å². The second-order valence-corrected chi connectivity index (χ2v) is 31.2. The summed E-state index contributed by atoms with van der Waals surface area (Å²) in [5.41, 5.74) is 18.4. The van der Waals surface area contributed by atoms with Crippen LogP contribution < -0.4 is 11.5 Å². The molecular weight excluding hydrogens is 917 g/mol. The zero-order chi connectivity index (χ0) is 53.9. The fourth-order valence-corrected chi connectivity index (χ4v) is 24.3. The molecule has 424 valence electrons. The maximum absolute atomic E-state index is 10.7. The van der Waals surface area contributed by atoms with Crippen molar-refractivity contribution in [1.82, 2.24) is 0 Å². The molecule has 1 heterocycles. The van der Waals surface area contributed by atoms with Gasteiger partial charge < -0.3 is 41.4 Å². The van der Waals surface area contributed by atoms with Gasteiger partial charge in [-0.15, -0.1) is 0 Å². The molecule has 0 spiro atoms. The van der Waals surface area contributed by atoms with E-state index < -0.39 is 0 Å². The van der Waals surface area contributed by atoms with E-state index in [4.69, 9.17) is 26.0 Å². The molecule has 11 fully saturated rings. The molecule has 21 atom stereocenters. The van der Waals surface area contributed by atoms with Crippen LogP contribution in [-0.2, 0) is 9.47 Å². The summed E-state index contributed by atoms with van der Waals surface area (Å²) >= 11 is 0. The first kappa shape index (κ1) is 57.8. The summed E-state index contributed by atoms with van der Waals surface area (Å²) in [5, 5.41) is 37.9. The summed E-state index contributed by atoms with van der Waals surface area (Å²) in [6, 6.07) is 0.662. The first-order chi connectivity index (χ1) is 34.8. The highest BCUT2D eigenvalue weighted by molar-refractivity contribution is 5.25. The topological polar surface area (TPSA) is 151 Å². The zero-order valence-corrected chi connectivity index (χ0v) is 49.5. The Kier molecular flexibility index (Phi) is 15.9. The minimum atomic E-state index is -0.0216. The lowest BCUT2D eigenvalue weighted by molar-refractivity contribution is -0.249. The highest BCUT2D eigenvalue weighted by Gasteiger charge is 2.73. The van der Waals surface area contributed by atoms with Gasteiger partial charge in [0.25, 0.3) is 0 Å². The predicted molar refractivity (Wildman–Crippen MR) is 301 cm³/mol. The number of hydrogen-bond donors (Lipinski definition) is 6. The van der Waals surface area contributed by atoms with Crippen LogP contribution >= 0.6 is 0 Å². The van der Waals surface area contributed by atoms with Gasteiger partial charge in [-0.2, -0.15) is 0 Å². The Morgan fingerprint density at radius 3 is 1.36 bits per heavy atom.